The molecule has 1 heterocycles. The molecule has 0 bridgehead atoms. The van der Waals surface area contributed by atoms with Gasteiger partial charge in [0.2, 0.25) is 0 Å². The summed E-state index contributed by atoms with van der Waals surface area (Å²) in [5, 5.41) is 22.3. The summed E-state index contributed by atoms with van der Waals surface area (Å²) in [6.45, 7) is 3.64. The van der Waals surface area contributed by atoms with Gasteiger partial charge in [0.25, 0.3) is 5.91 Å². The van der Waals surface area contributed by atoms with Crippen LogP contribution in [-0.2, 0) is 4.79 Å². The molecule has 1 amide bonds. The van der Waals surface area contributed by atoms with Crippen LogP contribution in [0.3, 0.4) is 0 Å². The van der Waals surface area contributed by atoms with Gasteiger partial charge in [0.05, 0.1) is 20.6 Å². The van der Waals surface area contributed by atoms with Gasteiger partial charge in [0.1, 0.15) is 11.6 Å². The number of benzene rings is 2. The summed E-state index contributed by atoms with van der Waals surface area (Å²) in [6.07, 6.45) is 1.47. The molecule has 2 aromatic carbocycles. The van der Waals surface area contributed by atoms with Crippen LogP contribution in [0.25, 0.3) is 11.8 Å². The number of carbonyl (C=O) groups is 2. The maximum atomic E-state index is 12.6. The van der Waals surface area contributed by atoms with Crippen molar-refractivity contribution in [3.05, 3.63) is 85.6 Å². The highest BCUT2D eigenvalue weighted by Crippen LogP contribution is 2.27. The monoisotopic (exact) mass is 487 g/mol. The van der Waals surface area contributed by atoms with Crippen molar-refractivity contribution in [3.8, 4) is 11.8 Å². The number of halogens is 3. The zero-order valence-corrected chi connectivity index (χ0v) is 19.2. The zero-order chi connectivity index (χ0) is 23.6. The highest BCUT2D eigenvalue weighted by molar-refractivity contribution is 6.42. The smallest absolute Gasteiger partial charge is 0.337 e. The second-order valence-electron chi connectivity index (χ2n) is 6.88. The Labute approximate surface area is 199 Å². The largest absolute Gasteiger partial charge is 0.478 e. The normalized spacial score (nSPS) is 11.2. The molecule has 0 unspecified atom stereocenters. The summed E-state index contributed by atoms with van der Waals surface area (Å²) in [6, 6.07) is 13.0. The zero-order valence-electron chi connectivity index (χ0n) is 16.9. The lowest BCUT2D eigenvalue weighted by atomic mass is 10.1. The van der Waals surface area contributed by atoms with Crippen molar-refractivity contribution in [3.63, 3.8) is 0 Å². The summed E-state index contributed by atoms with van der Waals surface area (Å²) in [5.41, 5.74) is 3.01. The van der Waals surface area contributed by atoms with Crippen molar-refractivity contribution in [2.45, 2.75) is 13.8 Å². The first-order chi connectivity index (χ1) is 15.1. The van der Waals surface area contributed by atoms with Gasteiger partial charge in [-0.3, -0.25) is 4.79 Å². The van der Waals surface area contributed by atoms with Gasteiger partial charge in [-0.05, 0) is 68.0 Å². The minimum absolute atomic E-state index is 0.0209. The standard InChI is InChI=1S/C23H16Cl3N3O3/c1-12-7-14(13(2)29(12)17-4-6-19(24)18(10-17)23(31)32)8-15(11-27)22(30)28-16-3-5-20(25)21(26)9-16/h3-10H,1-2H3,(H,28,30)(H,31,32)/b15-8-. The fourth-order valence-corrected chi connectivity index (χ4v) is 3.72. The number of nitriles is 1. The van der Waals surface area contributed by atoms with E-state index in [2.05, 4.69) is 5.32 Å². The summed E-state index contributed by atoms with van der Waals surface area (Å²) < 4.78 is 1.82. The molecule has 0 spiro atoms. The van der Waals surface area contributed by atoms with Gasteiger partial charge in [-0.1, -0.05) is 34.8 Å². The summed E-state index contributed by atoms with van der Waals surface area (Å²) in [7, 11) is 0. The number of anilines is 1. The molecule has 3 aromatic rings. The van der Waals surface area contributed by atoms with Crippen LogP contribution in [0.4, 0.5) is 5.69 Å². The van der Waals surface area contributed by atoms with Crippen molar-refractivity contribution in [2.75, 3.05) is 5.32 Å². The number of carboxylic acids is 1. The van der Waals surface area contributed by atoms with Gasteiger partial charge in [-0.25, -0.2) is 4.79 Å². The van der Waals surface area contributed by atoms with Crippen LogP contribution in [0.5, 0.6) is 0 Å². The van der Waals surface area contributed by atoms with Crippen molar-refractivity contribution in [1.29, 1.82) is 5.26 Å². The average molecular weight is 489 g/mol. The number of nitrogens with zero attached hydrogens (tertiary/aromatic N) is 2. The Hall–Kier alpha value is -3.24. The van der Waals surface area contributed by atoms with Crippen LogP contribution in [0.2, 0.25) is 15.1 Å². The third-order valence-electron chi connectivity index (χ3n) is 4.75. The quantitative estimate of drug-likeness (QED) is 0.325. The van der Waals surface area contributed by atoms with E-state index >= 15 is 0 Å². The molecule has 0 saturated heterocycles. The van der Waals surface area contributed by atoms with E-state index in [1.807, 2.05) is 17.6 Å². The van der Waals surface area contributed by atoms with Crippen molar-refractivity contribution in [2.24, 2.45) is 0 Å². The van der Waals surface area contributed by atoms with Crippen molar-refractivity contribution < 1.29 is 14.7 Å². The van der Waals surface area contributed by atoms with Gasteiger partial charge >= 0.3 is 5.97 Å². The SMILES string of the molecule is Cc1cc(/C=C(/C#N)C(=O)Nc2ccc(Cl)c(Cl)c2)c(C)n1-c1ccc(Cl)c(C(=O)O)c1. The molecule has 9 heteroatoms. The van der Waals surface area contributed by atoms with E-state index in [1.165, 1.54) is 24.3 Å². The Kier molecular flexibility index (Phi) is 6.95. The first-order valence-electron chi connectivity index (χ1n) is 9.22. The summed E-state index contributed by atoms with van der Waals surface area (Å²) >= 11 is 17.8. The van der Waals surface area contributed by atoms with E-state index in [1.54, 1.807) is 31.2 Å². The van der Waals surface area contributed by atoms with Gasteiger partial charge in [-0.2, -0.15) is 5.26 Å². The number of hydrogen-bond acceptors (Lipinski definition) is 3. The number of nitrogens with one attached hydrogen (secondary N) is 1. The third kappa shape index (κ3) is 4.81. The topological polar surface area (TPSA) is 95.1 Å². The van der Waals surface area contributed by atoms with Crippen LogP contribution in [0.1, 0.15) is 27.3 Å². The lowest BCUT2D eigenvalue weighted by Gasteiger charge is -2.11. The van der Waals surface area contributed by atoms with Crippen LogP contribution in [0.15, 0.2) is 48.0 Å². The average Bonchev–Trinajstić information content (AvgIpc) is 3.02. The first-order valence-corrected chi connectivity index (χ1v) is 10.4. The molecule has 0 fully saturated rings. The number of rotatable bonds is 5. The second-order valence-corrected chi connectivity index (χ2v) is 8.11. The lowest BCUT2D eigenvalue weighted by Crippen LogP contribution is -2.13. The number of hydrogen-bond donors (Lipinski definition) is 2. The fourth-order valence-electron chi connectivity index (χ4n) is 3.22. The molecule has 0 radical (unpaired) electrons. The van der Waals surface area contributed by atoms with E-state index in [0.717, 1.165) is 11.4 Å². The summed E-state index contributed by atoms with van der Waals surface area (Å²) in [4.78, 5) is 24.0. The molecular weight excluding hydrogens is 473 g/mol. The molecule has 0 atom stereocenters. The number of aryl methyl sites for hydroxylation is 1. The molecular formula is C23H16Cl3N3O3. The maximum Gasteiger partial charge on any atom is 0.337 e. The Morgan fingerprint density at radius 2 is 1.72 bits per heavy atom. The van der Waals surface area contributed by atoms with Crippen LogP contribution >= 0.6 is 34.8 Å². The highest BCUT2D eigenvalue weighted by Gasteiger charge is 2.16. The van der Waals surface area contributed by atoms with Gasteiger partial charge < -0.3 is 15.0 Å². The van der Waals surface area contributed by atoms with E-state index in [4.69, 9.17) is 34.8 Å². The van der Waals surface area contributed by atoms with Crippen LogP contribution in [0, 0.1) is 25.2 Å². The Morgan fingerprint density at radius 3 is 2.34 bits per heavy atom. The van der Waals surface area contributed by atoms with E-state index < -0.39 is 11.9 Å². The molecule has 6 nitrogen and oxygen atoms in total. The molecule has 32 heavy (non-hydrogen) atoms. The lowest BCUT2D eigenvalue weighted by molar-refractivity contribution is -0.112. The van der Waals surface area contributed by atoms with Gasteiger partial charge in [-0.15, -0.1) is 0 Å². The molecule has 0 aliphatic carbocycles. The van der Waals surface area contributed by atoms with E-state index in [9.17, 15) is 20.0 Å². The highest BCUT2D eigenvalue weighted by atomic mass is 35.5. The number of carbonyl (C=O) groups excluding carboxylic acids is 1. The molecule has 0 saturated carbocycles. The van der Waals surface area contributed by atoms with E-state index in [0.29, 0.717) is 22.0 Å². The first kappa shape index (κ1) is 23.4. The number of amides is 1. The molecule has 162 valence electrons. The molecule has 1 aromatic heterocycles. The molecule has 0 aliphatic rings. The second kappa shape index (κ2) is 9.49. The van der Waals surface area contributed by atoms with Crippen LogP contribution in [-0.4, -0.2) is 21.6 Å². The number of aromatic carboxylic acids is 1. The molecule has 3 rings (SSSR count). The molecule has 2 N–H and O–H groups in total. The van der Waals surface area contributed by atoms with Crippen molar-refractivity contribution in [1.82, 2.24) is 4.57 Å². The minimum Gasteiger partial charge on any atom is -0.478 e. The third-order valence-corrected chi connectivity index (χ3v) is 5.82. The Balaban J connectivity index is 1.97. The fraction of sp³-hybridized carbons (Fsp3) is 0.0870. The number of aromatic nitrogens is 1. The number of carboxylic acid groups (broad SMARTS) is 1. The summed E-state index contributed by atoms with van der Waals surface area (Å²) in [5.74, 6) is -1.74. The predicted molar refractivity (Wildman–Crippen MR) is 126 cm³/mol. The Morgan fingerprint density at radius 1 is 1.03 bits per heavy atom. The minimum atomic E-state index is -1.13. The van der Waals surface area contributed by atoms with E-state index in [-0.39, 0.29) is 21.2 Å². The van der Waals surface area contributed by atoms with Gasteiger partial charge in [0, 0.05) is 22.8 Å². The van der Waals surface area contributed by atoms with Crippen molar-refractivity contribution >= 4 is 58.4 Å². The predicted octanol–water partition coefficient (Wildman–Crippen LogP) is 6.30. The Bertz CT molecular complexity index is 1320. The van der Waals surface area contributed by atoms with Crippen LogP contribution < -0.4 is 5.32 Å². The maximum absolute atomic E-state index is 12.6. The van der Waals surface area contributed by atoms with Gasteiger partial charge in [0.15, 0.2) is 0 Å². The molecule has 0 aliphatic heterocycles.